The van der Waals surface area contributed by atoms with E-state index in [9.17, 15) is 32.4 Å². The number of piperazine rings is 1. The van der Waals surface area contributed by atoms with Crippen LogP contribution in [0.1, 0.15) is 40.0 Å². The lowest BCUT2D eigenvalue weighted by Crippen LogP contribution is -2.54. The number of sulfone groups is 1. The number of ether oxygens (including phenoxy) is 5. The highest BCUT2D eigenvalue weighted by Gasteiger charge is 2.44. The van der Waals surface area contributed by atoms with Crippen LogP contribution in [-0.4, -0.2) is 173 Å². The molecule has 2 fully saturated rings. The first-order valence-corrected chi connectivity index (χ1v) is 25.4. The van der Waals surface area contributed by atoms with E-state index < -0.39 is 39.5 Å². The Bertz CT molecular complexity index is 2800. The van der Waals surface area contributed by atoms with Crippen LogP contribution in [-0.2, 0) is 47.9 Å². The van der Waals surface area contributed by atoms with Crippen LogP contribution in [0.5, 0.6) is 0 Å². The molecule has 8 rings (SSSR count). The largest absolute Gasteiger partial charge is 0.383 e. The Morgan fingerprint density at radius 2 is 1.34 bits per heavy atom. The minimum atomic E-state index is -3.30. The van der Waals surface area contributed by atoms with Crippen LogP contribution >= 0.6 is 0 Å². The molecule has 1 atom stereocenters. The first-order valence-electron chi connectivity index (χ1n) is 23.5. The number of carbonyl (C=O) groups is 5. The fourth-order valence-corrected chi connectivity index (χ4v) is 8.93. The van der Waals surface area contributed by atoms with Gasteiger partial charge in [-0.2, -0.15) is 4.98 Å². The second kappa shape index (κ2) is 23.9. The van der Waals surface area contributed by atoms with E-state index in [4.69, 9.17) is 23.7 Å². The average molecular weight is 996 g/mol. The SMILES string of the molecule is CS(=O)(=O)c1ccc(-c2cccc3nc(Nc4ccc(N5CCN(C(=O)CCOCCOCCOCCOCCOCCNc6ccc7c(c6)C(=O)N(C6CCC(=O)NC6=O)C7=O)CC5)cc4)nn23)cc1. The third-order valence-electron chi connectivity index (χ3n) is 12.0. The zero-order valence-corrected chi connectivity index (χ0v) is 40.2. The van der Waals surface area contributed by atoms with Crippen LogP contribution < -0.4 is 20.9 Å². The summed E-state index contributed by atoms with van der Waals surface area (Å²) in [5.41, 5.74) is 5.18. The molecule has 0 bridgehead atoms. The predicted octanol–water partition coefficient (Wildman–Crippen LogP) is 3.18. The van der Waals surface area contributed by atoms with Crippen molar-refractivity contribution in [1.82, 2.24) is 29.7 Å². The molecule has 5 aromatic rings. The fourth-order valence-electron chi connectivity index (χ4n) is 8.30. The summed E-state index contributed by atoms with van der Waals surface area (Å²) in [6.45, 7) is 6.99. The molecule has 1 unspecified atom stereocenters. The summed E-state index contributed by atoms with van der Waals surface area (Å²) >= 11 is 0. The molecule has 21 nitrogen and oxygen atoms in total. The third-order valence-corrected chi connectivity index (χ3v) is 13.2. The van der Waals surface area contributed by atoms with Crippen LogP contribution in [0.3, 0.4) is 0 Å². The van der Waals surface area contributed by atoms with Gasteiger partial charge in [0.15, 0.2) is 15.5 Å². The zero-order valence-electron chi connectivity index (χ0n) is 39.4. The zero-order chi connectivity index (χ0) is 49.7. The lowest BCUT2D eigenvalue weighted by molar-refractivity contribution is -0.136. The number of hydrogen-bond donors (Lipinski definition) is 3. The molecular weight excluding hydrogens is 939 g/mol. The minimum absolute atomic E-state index is 0.0630. The first kappa shape index (κ1) is 50.6. The van der Waals surface area contributed by atoms with Crippen molar-refractivity contribution in [1.29, 1.82) is 0 Å². The van der Waals surface area contributed by atoms with Gasteiger partial charge < -0.3 is 44.1 Å². The van der Waals surface area contributed by atoms with Crippen LogP contribution in [0.25, 0.3) is 16.9 Å². The van der Waals surface area contributed by atoms with E-state index in [2.05, 4.69) is 30.9 Å². The number of fused-ring (bicyclic) bond motifs is 2. The lowest BCUT2D eigenvalue weighted by Gasteiger charge is -2.36. The highest BCUT2D eigenvalue weighted by atomic mass is 32.2. The van der Waals surface area contributed by atoms with E-state index >= 15 is 0 Å². The summed E-state index contributed by atoms with van der Waals surface area (Å²) < 4.78 is 53.5. The molecule has 0 spiro atoms. The van der Waals surface area contributed by atoms with Gasteiger partial charge in [0.1, 0.15) is 6.04 Å². The van der Waals surface area contributed by atoms with Crippen LogP contribution in [0.2, 0.25) is 0 Å². The van der Waals surface area contributed by atoms with Crippen LogP contribution in [0.15, 0.2) is 89.8 Å². The number of piperidine rings is 1. The first-order chi connectivity index (χ1) is 34.4. The molecule has 376 valence electrons. The maximum Gasteiger partial charge on any atom is 0.262 e. The molecule has 3 aliphatic rings. The Labute approximate surface area is 410 Å². The molecule has 0 radical (unpaired) electrons. The van der Waals surface area contributed by atoms with Gasteiger partial charge in [0, 0.05) is 68.0 Å². The van der Waals surface area contributed by atoms with Gasteiger partial charge in [-0.25, -0.2) is 12.9 Å². The Morgan fingerprint density at radius 1 is 0.718 bits per heavy atom. The van der Waals surface area contributed by atoms with Crippen molar-refractivity contribution in [2.45, 2.75) is 30.2 Å². The van der Waals surface area contributed by atoms with Gasteiger partial charge in [0.05, 0.1) is 94.2 Å². The van der Waals surface area contributed by atoms with E-state index in [0.29, 0.717) is 122 Å². The average Bonchev–Trinajstić information content (AvgIpc) is 3.89. The smallest absolute Gasteiger partial charge is 0.262 e. The predicted molar refractivity (Wildman–Crippen MR) is 260 cm³/mol. The molecule has 0 saturated carbocycles. The van der Waals surface area contributed by atoms with E-state index in [1.165, 1.54) is 6.26 Å². The van der Waals surface area contributed by atoms with Gasteiger partial charge in [0.25, 0.3) is 11.8 Å². The molecule has 2 saturated heterocycles. The monoisotopic (exact) mass is 995 g/mol. The van der Waals surface area contributed by atoms with Gasteiger partial charge >= 0.3 is 0 Å². The number of nitrogens with zero attached hydrogens (tertiary/aromatic N) is 6. The molecule has 5 amide bonds. The minimum Gasteiger partial charge on any atom is -0.383 e. The summed E-state index contributed by atoms with van der Waals surface area (Å²) in [5.74, 6) is -1.68. The number of pyridine rings is 1. The number of benzene rings is 3. The number of amides is 5. The van der Waals surface area contributed by atoms with Crippen molar-refractivity contribution in [2.24, 2.45) is 0 Å². The Kier molecular flexibility index (Phi) is 17.0. The van der Waals surface area contributed by atoms with Crippen LogP contribution in [0, 0.1) is 0 Å². The third kappa shape index (κ3) is 13.1. The standard InChI is InChI=1S/C49H57N9O12S/c1-71(64,65)38-12-5-34(6-13-38)41-3-2-4-43-52-49(54-58(41)43)51-35-7-10-37(11-8-35)55-19-21-56(22-20-55)45(60)17-23-66-25-27-68-29-31-70-32-30-69-28-26-67-24-18-50-36-9-14-39-40(33-36)48(63)57(47(39)62)42-15-16-44(59)53-46(42)61/h2-14,33,42,50H,15-32H2,1H3,(H,51,54)(H,53,59,61). The van der Waals surface area contributed by atoms with Crippen molar-refractivity contribution in [2.75, 3.05) is 121 Å². The normalized spacial score (nSPS) is 16.2. The topological polar surface area (TPSA) is 242 Å². The number of rotatable bonds is 25. The Morgan fingerprint density at radius 3 is 1.99 bits per heavy atom. The van der Waals surface area contributed by atoms with Gasteiger partial charge in [-0.15, -0.1) is 5.10 Å². The van der Waals surface area contributed by atoms with E-state index in [1.54, 1.807) is 47.0 Å². The maximum atomic E-state index is 13.0. The van der Waals surface area contributed by atoms with Crippen molar-refractivity contribution < 1.29 is 56.1 Å². The van der Waals surface area contributed by atoms with Crippen molar-refractivity contribution in [3.63, 3.8) is 0 Å². The van der Waals surface area contributed by atoms with Crippen molar-refractivity contribution in [3.05, 3.63) is 96.1 Å². The second-order valence-corrected chi connectivity index (χ2v) is 18.9. The molecule has 3 N–H and O–H groups in total. The quantitative estimate of drug-likeness (QED) is 0.0562. The van der Waals surface area contributed by atoms with Gasteiger partial charge in [-0.1, -0.05) is 18.2 Å². The van der Waals surface area contributed by atoms with E-state index in [0.717, 1.165) is 27.5 Å². The van der Waals surface area contributed by atoms with Crippen molar-refractivity contribution in [3.8, 4) is 11.3 Å². The molecule has 5 heterocycles. The number of anilines is 4. The van der Waals surface area contributed by atoms with Gasteiger partial charge in [-0.05, 0) is 73.2 Å². The van der Waals surface area contributed by atoms with E-state index in [-0.39, 0.29) is 34.8 Å². The molecule has 71 heavy (non-hydrogen) atoms. The van der Waals surface area contributed by atoms with Crippen LogP contribution in [0.4, 0.5) is 23.0 Å². The number of aromatic nitrogens is 3. The number of imide groups is 2. The highest BCUT2D eigenvalue weighted by Crippen LogP contribution is 2.30. The summed E-state index contributed by atoms with van der Waals surface area (Å²) in [5, 5.41) is 13.3. The summed E-state index contributed by atoms with van der Waals surface area (Å²) in [7, 11) is -3.30. The van der Waals surface area contributed by atoms with Crippen molar-refractivity contribution >= 4 is 68.0 Å². The molecule has 0 aliphatic carbocycles. The molecule has 2 aromatic heterocycles. The maximum absolute atomic E-state index is 13.0. The molecular formula is C49H57N9O12S. The highest BCUT2D eigenvalue weighted by molar-refractivity contribution is 7.90. The molecule has 3 aliphatic heterocycles. The number of carbonyl (C=O) groups excluding carboxylic acids is 5. The lowest BCUT2D eigenvalue weighted by atomic mass is 10.0. The second-order valence-electron chi connectivity index (χ2n) is 16.9. The Balaban J connectivity index is 0.609. The Hall–Kier alpha value is -6.82. The van der Waals surface area contributed by atoms with Gasteiger partial charge in [0.2, 0.25) is 23.7 Å². The molecule has 22 heteroatoms. The van der Waals surface area contributed by atoms with E-state index in [1.807, 2.05) is 47.4 Å². The summed E-state index contributed by atoms with van der Waals surface area (Å²) in [6, 6.07) is 24.2. The fraction of sp³-hybridized carbons (Fsp3) is 0.408. The molecule has 3 aromatic carbocycles. The van der Waals surface area contributed by atoms with Gasteiger partial charge in [-0.3, -0.25) is 34.2 Å². The summed E-state index contributed by atoms with van der Waals surface area (Å²) in [6.07, 6.45) is 1.65. The summed E-state index contributed by atoms with van der Waals surface area (Å²) in [4.78, 5) is 72.5. The number of hydrogen-bond acceptors (Lipinski definition) is 17. The number of nitrogens with one attached hydrogen (secondary N) is 3.